The van der Waals surface area contributed by atoms with E-state index in [-0.39, 0.29) is 25.7 Å². The second-order valence-corrected chi connectivity index (χ2v) is 15.3. The summed E-state index contributed by atoms with van der Waals surface area (Å²) in [6.07, 6.45) is 4.90. The van der Waals surface area contributed by atoms with Crippen LogP contribution in [0.15, 0.2) is 66.2 Å². The third kappa shape index (κ3) is 6.43. The minimum atomic E-state index is -0.216. The first-order valence-corrected chi connectivity index (χ1v) is 19.9. The highest BCUT2D eigenvalue weighted by Gasteiger charge is 2.28. The number of aromatic nitrogens is 8. The fourth-order valence-corrected chi connectivity index (χ4v) is 8.23. The number of aliphatic hydroxyl groups excluding tert-OH is 3. The van der Waals surface area contributed by atoms with Gasteiger partial charge in [-0.25, -0.2) is 29.9 Å². The van der Waals surface area contributed by atoms with E-state index in [1.165, 1.54) is 0 Å². The number of carbonyl (C=O) groups is 1. The summed E-state index contributed by atoms with van der Waals surface area (Å²) in [4.78, 5) is 51.0. The maximum atomic E-state index is 13.9. The van der Waals surface area contributed by atoms with Crippen molar-refractivity contribution in [3.63, 3.8) is 0 Å². The SMILES string of the molecule is CCSCCCCNC(=O)c1cccc2c1-c1nc-2nc2[nH]c(nc3nc(nc4[nH]c(n1)c1ccc(CO)cc41)-c1cc(CO)ccc1-3)c1c2CC=C(CO)C1. The molecule has 9 rings (SSSR count). The standard InChI is InChI=1S/C42H39N9O4S/c1-2-56-15-4-3-14-43-42(55)29-7-5-6-28-33(29)41-50-36-27-13-10-24(21-54)18-32(27)40(48-36)49-39-31-17-23(20-53)9-12-26(31)35(47-39)46-38-30-16-22(19-52)8-11-25(30)34(45-38)44-37(28)51-41/h5-10,12-13,17-18,52-54H,2-4,11,14-16,19-21H2,1H3,(H,43,55)(H2,44,45,46,47,48,49,50,51). The van der Waals surface area contributed by atoms with Crippen LogP contribution in [0, 0.1) is 0 Å². The number of thioether (sulfide) groups is 1. The second kappa shape index (κ2) is 15.0. The highest BCUT2D eigenvalue weighted by atomic mass is 32.2. The number of benzene rings is 3. The minimum absolute atomic E-state index is 0.0760. The van der Waals surface area contributed by atoms with Crippen LogP contribution in [0.1, 0.15) is 52.4 Å². The Hall–Kier alpha value is -5.80. The summed E-state index contributed by atoms with van der Waals surface area (Å²) >= 11 is 1.89. The Kier molecular flexibility index (Phi) is 9.63. The van der Waals surface area contributed by atoms with Crippen LogP contribution in [0.25, 0.3) is 78.9 Å². The molecule has 0 fully saturated rings. The summed E-state index contributed by atoms with van der Waals surface area (Å²) < 4.78 is 0. The summed E-state index contributed by atoms with van der Waals surface area (Å²) in [6.45, 7) is 2.29. The molecule has 0 radical (unpaired) electrons. The molecule has 6 N–H and O–H groups in total. The van der Waals surface area contributed by atoms with E-state index < -0.39 is 0 Å². The highest BCUT2D eigenvalue weighted by Crippen LogP contribution is 2.39. The molecule has 3 aromatic heterocycles. The van der Waals surface area contributed by atoms with Crippen LogP contribution >= 0.6 is 11.8 Å². The van der Waals surface area contributed by atoms with Crippen molar-refractivity contribution in [2.75, 3.05) is 24.7 Å². The Bertz CT molecular complexity index is 2760. The maximum Gasteiger partial charge on any atom is 0.252 e. The predicted molar refractivity (Wildman–Crippen MR) is 218 cm³/mol. The van der Waals surface area contributed by atoms with Gasteiger partial charge in [0.15, 0.2) is 23.3 Å². The normalized spacial score (nSPS) is 13.0. The number of hydrogen-bond donors (Lipinski definition) is 6. The molecule has 0 unspecified atom stereocenters. The molecule has 13 nitrogen and oxygen atoms in total. The zero-order valence-corrected chi connectivity index (χ0v) is 31.5. The van der Waals surface area contributed by atoms with Crippen molar-refractivity contribution in [1.82, 2.24) is 45.2 Å². The molecule has 3 aliphatic rings. The number of carbonyl (C=O) groups excluding carboxylic acids is 1. The van der Waals surface area contributed by atoms with Crippen LogP contribution in [-0.4, -0.2) is 85.8 Å². The monoisotopic (exact) mass is 765 g/mol. The molecular formula is C42H39N9O4S. The van der Waals surface area contributed by atoms with E-state index in [4.69, 9.17) is 29.9 Å². The molecule has 6 aromatic rings. The number of nitrogens with zero attached hydrogens (tertiary/aromatic N) is 6. The number of fused-ring (bicyclic) bond motifs is 20. The first-order valence-electron chi connectivity index (χ1n) is 18.8. The maximum absolute atomic E-state index is 13.9. The fourth-order valence-electron chi connectivity index (χ4n) is 7.54. The second-order valence-electron chi connectivity index (χ2n) is 13.9. The molecule has 0 atom stereocenters. The van der Waals surface area contributed by atoms with Gasteiger partial charge in [0.1, 0.15) is 22.6 Å². The first-order chi connectivity index (χ1) is 27.5. The predicted octanol–water partition coefficient (Wildman–Crippen LogP) is 5.98. The molecule has 1 amide bonds. The highest BCUT2D eigenvalue weighted by molar-refractivity contribution is 7.99. The van der Waals surface area contributed by atoms with Crippen LogP contribution in [0.5, 0.6) is 0 Å². The van der Waals surface area contributed by atoms with Gasteiger partial charge in [-0.2, -0.15) is 11.8 Å². The van der Waals surface area contributed by atoms with Gasteiger partial charge in [0.2, 0.25) is 0 Å². The summed E-state index contributed by atoms with van der Waals surface area (Å²) in [5.74, 6) is 3.44. The van der Waals surface area contributed by atoms with Gasteiger partial charge in [-0.3, -0.25) is 4.79 Å². The van der Waals surface area contributed by atoms with E-state index in [9.17, 15) is 20.1 Å². The van der Waals surface area contributed by atoms with E-state index in [0.717, 1.165) is 52.0 Å². The lowest BCUT2D eigenvalue weighted by atomic mass is 9.95. The van der Waals surface area contributed by atoms with E-state index >= 15 is 0 Å². The summed E-state index contributed by atoms with van der Waals surface area (Å²) in [7, 11) is 0. The smallest absolute Gasteiger partial charge is 0.252 e. The third-order valence-corrected chi connectivity index (χ3v) is 11.4. The van der Waals surface area contributed by atoms with Crippen molar-refractivity contribution in [3.8, 4) is 45.6 Å². The summed E-state index contributed by atoms with van der Waals surface area (Å²) in [5.41, 5.74) is 9.26. The number of H-pyrrole nitrogens is 2. The van der Waals surface area contributed by atoms with Gasteiger partial charge in [0, 0.05) is 50.7 Å². The summed E-state index contributed by atoms with van der Waals surface area (Å²) in [5, 5.41) is 34.8. The Labute approximate surface area is 325 Å². The molecule has 5 heterocycles. The number of hydrogen-bond acceptors (Lipinski definition) is 11. The van der Waals surface area contributed by atoms with Crippen LogP contribution in [0.4, 0.5) is 0 Å². The molecule has 1 aliphatic carbocycles. The minimum Gasteiger partial charge on any atom is -0.392 e. The van der Waals surface area contributed by atoms with Crippen LogP contribution in [0.3, 0.4) is 0 Å². The van der Waals surface area contributed by atoms with Crippen LogP contribution in [-0.2, 0) is 26.1 Å². The van der Waals surface area contributed by atoms with Gasteiger partial charge in [-0.15, -0.1) is 0 Å². The van der Waals surface area contributed by atoms with E-state index in [2.05, 4.69) is 22.2 Å². The van der Waals surface area contributed by atoms with Crippen LogP contribution < -0.4 is 5.32 Å². The van der Waals surface area contributed by atoms with Crippen molar-refractivity contribution < 1.29 is 20.1 Å². The van der Waals surface area contributed by atoms with Crippen LogP contribution in [0.2, 0.25) is 0 Å². The van der Waals surface area contributed by atoms with Crippen molar-refractivity contribution in [2.24, 2.45) is 0 Å². The average molecular weight is 766 g/mol. The Morgan fingerprint density at radius 3 is 2.23 bits per heavy atom. The van der Waals surface area contributed by atoms with E-state index in [0.29, 0.717) is 104 Å². The summed E-state index contributed by atoms with van der Waals surface area (Å²) in [6, 6.07) is 16.7. The quantitative estimate of drug-likeness (QED) is 0.0707. The van der Waals surface area contributed by atoms with E-state index in [1.807, 2.05) is 66.4 Å². The topological polar surface area (TPSA) is 199 Å². The number of amides is 1. The first kappa shape index (κ1) is 35.9. The molecule has 0 spiro atoms. The Balaban J connectivity index is 1.33. The Morgan fingerprint density at radius 2 is 1.41 bits per heavy atom. The van der Waals surface area contributed by atoms with Crippen molar-refractivity contribution in [1.29, 1.82) is 0 Å². The number of unbranched alkanes of at least 4 members (excludes halogenated alkanes) is 1. The number of aromatic amines is 2. The van der Waals surface area contributed by atoms with Gasteiger partial charge in [0.25, 0.3) is 5.91 Å². The number of nitrogens with one attached hydrogen (secondary N) is 3. The number of aliphatic hydroxyl groups is 3. The van der Waals surface area contributed by atoms with Gasteiger partial charge in [-0.1, -0.05) is 49.4 Å². The largest absolute Gasteiger partial charge is 0.392 e. The zero-order chi connectivity index (χ0) is 38.3. The molecule has 8 bridgehead atoms. The van der Waals surface area contributed by atoms with Crippen molar-refractivity contribution in [3.05, 3.63) is 94.1 Å². The lowest BCUT2D eigenvalue weighted by molar-refractivity contribution is 0.0953. The number of allylic oxidation sites excluding steroid dienone is 1. The van der Waals surface area contributed by atoms with Crippen molar-refractivity contribution >= 4 is 51.0 Å². The zero-order valence-electron chi connectivity index (χ0n) is 30.7. The molecule has 0 saturated carbocycles. The molecule has 0 saturated heterocycles. The van der Waals surface area contributed by atoms with Crippen molar-refractivity contribution in [2.45, 2.75) is 45.8 Å². The van der Waals surface area contributed by atoms with Gasteiger partial charge in [-0.05, 0) is 72.1 Å². The fraction of sp³-hybridized carbons (Fsp3) is 0.262. The molecule has 14 heteroatoms. The molecule has 2 aliphatic heterocycles. The average Bonchev–Trinajstić information content (AvgIpc) is 3.96. The molecule has 56 heavy (non-hydrogen) atoms. The van der Waals surface area contributed by atoms with Gasteiger partial charge in [0.05, 0.1) is 25.4 Å². The Morgan fingerprint density at radius 1 is 0.714 bits per heavy atom. The molecular weight excluding hydrogens is 727 g/mol. The third-order valence-electron chi connectivity index (χ3n) is 10.4. The molecule has 3 aromatic carbocycles. The lowest BCUT2D eigenvalue weighted by Crippen LogP contribution is -2.25. The number of rotatable bonds is 10. The van der Waals surface area contributed by atoms with Gasteiger partial charge < -0.3 is 30.6 Å². The molecule has 282 valence electrons. The van der Waals surface area contributed by atoms with E-state index in [1.54, 1.807) is 6.07 Å². The van der Waals surface area contributed by atoms with Gasteiger partial charge >= 0.3 is 0 Å². The lowest BCUT2D eigenvalue weighted by Gasteiger charge is -2.11.